The van der Waals surface area contributed by atoms with E-state index in [-0.39, 0.29) is 29.9 Å². The largest absolute Gasteiger partial charge is 0.493 e. The number of nitrogens with two attached hydrogens (primary N) is 1. The molecule has 0 aliphatic carbocycles. The van der Waals surface area contributed by atoms with E-state index in [2.05, 4.69) is 21.2 Å². The Morgan fingerprint density at radius 1 is 1.16 bits per heavy atom. The standard InChI is InChI=1S/C29H35BrN4O4/c1-5-29(6-2)16-25(35)34(27(31)33-29)22-11-12-37-23-9-7-17(13-20(22)23)26(36)32-21-15-28(3,4)38-24-10-8-18(30)14-19(21)24/h7-10,13-14,21-22H,5-6,11-12,15-16H2,1-4H3,(H2,31,33)(H,32,36)/t21-,22+/m0/s1. The van der Waals surface area contributed by atoms with Gasteiger partial charge in [0.1, 0.15) is 17.1 Å². The van der Waals surface area contributed by atoms with Crippen LogP contribution in [0.15, 0.2) is 45.9 Å². The van der Waals surface area contributed by atoms with Crippen molar-refractivity contribution in [1.29, 1.82) is 0 Å². The number of amides is 2. The first-order chi connectivity index (χ1) is 18.0. The fraction of sp³-hybridized carbons (Fsp3) is 0.483. The SMILES string of the molecule is CCC1(CC)CC(=O)N([C@@H]2CCOc3ccc(C(=O)N[C@H]4CC(C)(C)Oc5ccc(Br)cc54)cc32)C(N)=N1. The van der Waals surface area contributed by atoms with Gasteiger partial charge in [0, 0.05) is 34.0 Å². The predicted octanol–water partition coefficient (Wildman–Crippen LogP) is 5.41. The summed E-state index contributed by atoms with van der Waals surface area (Å²) in [5.74, 6) is 1.42. The molecule has 202 valence electrons. The van der Waals surface area contributed by atoms with Gasteiger partial charge in [0.15, 0.2) is 5.96 Å². The van der Waals surface area contributed by atoms with Crippen molar-refractivity contribution in [3.63, 3.8) is 0 Å². The Kier molecular flexibility index (Phi) is 6.92. The topological polar surface area (TPSA) is 106 Å². The molecule has 0 saturated heterocycles. The van der Waals surface area contributed by atoms with Gasteiger partial charge in [-0.3, -0.25) is 14.5 Å². The molecule has 0 unspecified atom stereocenters. The predicted molar refractivity (Wildman–Crippen MR) is 149 cm³/mol. The van der Waals surface area contributed by atoms with Crippen LogP contribution < -0.4 is 20.5 Å². The molecular weight excluding hydrogens is 548 g/mol. The first-order valence-corrected chi connectivity index (χ1v) is 14.1. The lowest BCUT2D eigenvalue weighted by atomic mass is 9.86. The number of nitrogens with zero attached hydrogens (tertiary/aromatic N) is 2. The second kappa shape index (κ2) is 9.91. The molecule has 2 aromatic rings. The van der Waals surface area contributed by atoms with Crippen molar-refractivity contribution in [2.45, 2.75) is 83.0 Å². The van der Waals surface area contributed by atoms with Crippen LogP contribution in [0.1, 0.15) is 93.4 Å². The van der Waals surface area contributed by atoms with Crippen LogP contribution >= 0.6 is 15.9 Å². The number of halogens is 1. The number of rotatable bonds is 5. The normalized spacial score (nSPS) is 23.3. The number of guanidine groups is 1. The third-order valence-electron chi connectivity index (χ3n) is 7.99. The van der Waals surface area contributed by atoms with Crippen molar-refractivity contribution in [1.82, 2.24) is 10.2 Å². The van der Waals surface area contributed by atoms with Gasteiger partial charge in [-0.2, -0.15) is 0 Å². The summed E-state index contributed by atoms with van der Waals surface area (Å²) >= 11 is 3.53. The van der Waals surface area contributed by atoms with E-state index in [4.69, 9.17) is 20.2 Å². The number of benzene rings is 2. The molecule has 0 saturated carbocycles. The lowest BCUT2D eigenvalue weighted by Crippen LogP contribution is -2.53. The van der Waals surface area contributed by atoms with Gasteiger partial charge in [-0.15, -0.1) is 0 Å². The van der Waals surface area contributed by atoms with Crippen LogP contribution in [0.3, 0.4) is 0 Å². The van der Waals surface area contributed by atoms with E-state index in [9.17, 15) is 9.59 Å². The Balaban J connectivity index is 1.44. The molecule has 5 rings (SSSR count). The fourth-order valence-corrected chi connectivity index (χ4v) is 6.18. The summed E-state index contributed by atoms with van der Waals surface area (Å²) in [6.45, 7) is 8.56. The molecule has 3 heterocycles. The fourth-order valence-electron chi connectivity index (χ4n) is 5.80. The Morgan fingerprint density at radius 3 is 2.61 bits per heavy atom. The number of fused-ring (bicyclic) bond motifs is 2. The number of nitrogens with one attached hydrogen (secondary N) is 1. The molecule has 0 radical (unpaired) electrons. The molecule has 8 nitrogen and oxygen atoms in total. The summed E-state index contributed by atoms with van der Waals surface area (Å²) in [6.07, 6.45) is 3.02. The van der Waals surface area contributed by atoms with Gasteiger partial charge in [0.25, 0.3) is 5.91 Å². The van der Waals surface area contributed by atoms with Crippen molar-refractivity contribution in [2.75, 3.05) is 6.61 Å². The maximum Gasteiger partial charge on any atom is 0.251 e. The number of ether oxygens (including phenoxy) is 2. The maximum atomic E-state index is 13.5. The molecule has 2 amide bonds. The Morgan fingerprint density at radius 2 is 1.89 bits per heavy atom. The van der Waals surface area contributed by atoms with Crippen molar-refractivity contribution < 1.29 is 19.1 Å². The Hall–Kier alpha value is -3.07. The van der Waals surface area contributed by atoms with Crippen LogP contribution in [-0.2, 0) is 4.79 Å². The van der Waals surface area contributed by atoms with Crippen molar-refractivity contribution in [3.05, 3.63) is 57.6 Å². The second-order valence-corrected chi connectivity index (χ2v) is 11.9. The van der Waals surface area contributed by atoms with E-state index in [1.54, 1.807) is 17.0 Å². The Labute approximate surface area is 232 Å². The highest BCUT2D eigenvalue weighted by Crippen LogP contribution is 2.42. The van der Waals surface area contributed by atoms with Crippen LogP contribution in [0.5, 0.6) is 11.5 Å². The number of carbonyl (C=O) groups excluding carboxylic acids is 2. The smallest absolute Gasteiger partial charge is 0.251 e. The van der Waals surface area contributed by atoms with E-state index >= 15 is 0 Å². The minimum Gasteiger partial charge on any atom is -0.493 e. The van der Waals surface area contributed by atoms with Gasteiger partial charge in [0.05, 0.1) is 30.7 Å². The highest BCUT2D eigenvalue weighted by Gasteiger charge is 2.42. The lowest BCUT2D eigenvalue weighted by Gasteiger charge is -2.41. The summed E-state index contributed by atoms with van der Waals surface area (Å²) < 4.78 is 13.0. The highest BCUT2D eigenvalue weighted by molar-refractivity contribution is 9.10. The maximum absolute atomic E-state index is 13.5. The van der Waals surface area contributed by atoms with Crippen molar-refractivity contribution in [3.8, 4) is 11.5 Å². The summed E-state index contributed by atoms with van der Waals surface area (Å²) in [4.78, 5) is 33.3. The van der Waals surface area contributed by atoms with E-state index in [0.717, 1.165) is 34.2 Å². The molecule has 38 heavy (non-hydrogen) atoms. The zero-order valence-corrected chi connectivity index (χ0v) is 23.9. The third-order valence-corrected chi connectivity index (χ3v) is 8.48. The molecule has 0 fully saturated rings. The zero-order valence-electron chi connectivity index (χ0n) is 22.3. The van der Waals surface area contributed by atoms with Crippen LogP contribution in [0.2, 0.25) is 0 Å². The van der Waals surface area contributed by atoms with Crippen LogP contribution in [0.4, 0.5) is 0 Å². The van der Waals surface area contributed by atoms with E-state index in [1.807, 2.05) is 52.0 Å². The van der Waals surface area contributed by atoms with Gasteiger partial charge < -0.3 is 20.5 Å². The Bertz CT molecular complexity index is 1300. The van der Waals surface area contributed by atoms with Crippen LogP contribution in [-0.4, -0.2) is 40.4 Å². The van der Waals surface area contributed by atoms with Crippen molar-refractivity contribution in [2.24, 2.45) is 10.7 Å². The highest BCUT2D eigenvalue weighted by atomic mass is 79.9. The minimum atomic E-state index is -0.448. The van der Waals surface area contributed by atoms with E-state index in [0.29, 0.717) is 37.2 Å². The molecule has 0 aromatic heterocycles. The van der Waals surface area contributed by atoms with Gasteiger partial charge in [-0.05, 0) is 63.1 Å². The van der Waals surface area contributed by atoms with Gasteiger partial charge >= 0.3 is 0 Å². The summed E-state index contributed by atoms with van der Waals surface area (Å²) in [6, 6.07) is 10.7. The van der Waals surface area contributed by atoms with E-state index < -0.39 is 11.1 Å². The molecule has 0 spiro atoms. The van der Waals surface area contributed by atoms with Crippen molar-refractivity contribution >= 4 is 33.7 Å². The minimum absolute atomic E-state index is 0.0412. The summed E-state index contributed by atoms with van der Waals surface area (Å²) in [5, 5.41) is 3.21. The monoisotopic (exact) mass is 582 g/mol. The zero-order chi connectivity index (χ0) is 27.2. The van der Waals surface area contributed by atoms with Crippen LogP contribution in [0, 0.1) is 0 Å². The molecule has 2 atom stereocenters. The first-order valence-electron chi connectivity index (χ1n) is 13.3. The van der Waals surface area contributed by atoms with E-state index in [1.165, 1.54) is 0 Å². The molecular formula is C29H35BrN4O4. The number of carbonyl (C=O) groups is 2. The summed E-state index contributed by atoms with van der Waals surface area (Å²) in [7, 11) is 0. The first kappa shape index (κ1) is 26.5. The number of hydrogen-bond donors (Lipinski definition) is 2. The van der Waals surface area contributed by atoms with Gasteiger partial charge in [-0.1, -0.05) is 29.8 Å². The molecule has 2 aromatic carbocycles. The number of hydrogen-bond acceptors (Lipinski definition) is 6. The van der Waals surface area contributed by atoms with Crippen LogP contribution in [0.25, 0.3) is 0 Å². The molecule has 3 N–H and O–H groups in total. The lowest BCUT2D eigenvalue weighted by molar-refractivity contribution is -0.132. The molecule has 3 aliphatic heterocycles. The average Bonchev–Trinajstić information content (AvgIpc) is 2.88. The van der Waals surface area contributed by atoms with Gasteiger partial charge in [-0.25, -0.2) is 4.99 Å². The second-order valence-electron chi connectivity index (χ2n) is 11.0. The quantitative estimate of drug-likeness (QED) is 0.490. The summed E-state index contributed by atoms with van der Waals surface area (Å²) in [5.41, 5.74) is 7.74. The molecule has 9 heteroatoms. The van der Waals surface area contributed by atoms with Gasteiger partial charge in [0.2, 0.25) is 5.91 Å². The average molecular weight is 584 g/mol. The third kappa shape index (κ3) is 4.88. The number of aliphatic imine (C=N–C) groups is 1. The molecule has 3 aliphatic rings. The molecule has 0 bridgehead atoms.